The Kier molecular flexibility index (Phi) is 12.7. The van der Waals surface area contributed by atoms with Crippen LogP contribution in [0.15, 0.2) is 0 Å². The lowest BCUT2D eigenvalue weighted by Crippen LogP contribution is -2.54. The molecule has 0 radical (unpaired) electrons. The Morgan fingerprint density at radius 2 is 1.30 bits per heavy atom. The molecule has 282 valence electrons. The van der Waals surface area contributed by atoms with Crippen LogP contribution in [0.4, 0.5) is 4.79 Å². The van der Waals surface area contributed by atoms with Crippen LogP contribution >= 0.6 is 0 Å². The Balaban J connectivity index is 1.21. The van der Waals surface area contributed by atoms with Gasteiger partial charge in [0, 0.05) is 26.7 Å². The smallest absolute Gasteiger partial charge is 0.462 e. The van der Waals surface area contributed by atoms with Crippen LogP contribution < -0.4 is 0 Å². The van der Waals surface area contributed by atoms with E-state index < -0.39 is 47.8 Å². The highest BCUT2D eigenvalue weighted by molar-refractivity contribution is 5.79. The lowest BCUT2D eigenvalue weighted by molar-refractivity contribution is -0.175. The average Bonchev–Trinajstić information content (AvgIpc) is 3.35. The van der Waals surface area contributed by atoms with Crippen molar-refractivity contribution in [3.8, 4) is 0 Å². The zero-order valence-electron chi connectivity index (χ0n) is 31.2. The molecule has 0 aromatic carbocycles. The molecule has 0 bridgehead atoms. The molecule has 0 heterocycles. The van der Waals surface area contributed by atoms with E-state index in [0.717, 1.165) is 57.8 Å². The van der Waals surface area contributed by atoms with Gasteiger partial charge in [0.05, 0.1) is 12.8 Å². The standard InChI is InChI=1S/C38H58O12/c1-22(39)30-11-12-31-29-10-9-26-17-27(13-15-37(26,7)32(29)14-16-38(30,31)8)50-35(44)48-25(4)47-33(42)18-36(5,6)19-34(43)49-28(20-45-23(2)40)21-46-24(3)41/h25-32H,9-21H2,1-8H3/t25?,26-,27+,29?,30?,31-,32-,37?,38?/m0/s1. The number of rotatable bonds is 13. The quantitative estimate of drug-likeness (QED) is 0.117. The molecule has 0 aromatic heterocycles. The molecular formula is C38H58O12. The molecule has 9 atom stereocenters. The maximum Gasteiger partial charge on any atom is 0.511 e. The summed E-state index contributed by atoms with van der Waals surface area (Å²) in [6.07, 6.45) is 5.55. The fourth-order valence-electron chi connectivity index (χ4n) is 10.2. The van der Waals surface area contributed by atoms with Crippen LogP contribution in [0, 0.1) is 45.8 Å². The van der Waals surface area contributed by atoms with Gasteiger partial charge >= 0.3 is 30.0 Å². The van der Waals surface area contributed by atoms with E-state index in [9.17, 15) is 28.8 Å². The number of carbonyl (C=O) groups excluding carboxylic acids is 6. The Morgan fingerprint density at radius 1 is 0.720 bits per heavy atom. The van der Waals surface area contributed by atoms with Crippen molar-refractivity contribution in [2.24, 2.45) is 45.8 Å². The van der Waals surface area contributed by atoms with E-state index in [-0.39, 0.29) is 48.9 Å². The van der Waals surface area contributed by atoms with Crippen molar-refractivity contribution in [1.29, 1.82) is 0 Å². The predicted octanol–water partition coefficient (Wildman–Crippen LogP) is 6.49. The van der Waals surface area contributed by atoms with E-state index in [1.54, 1.807) is 20.8 Å². The second-order valence-electron chi connectivity index (χ2n) is 16.6. The molecule has 12 nitrogen and oxygen atoms in total. The van der Waals surface area contributed by atoms with E-state index in [4.69, 9.17) is 28.4 Å². The van der Waals surface area contributed by atoms with Gasteiger partial charge in [0.2, 0.25) is 6.29 Å². The van der Waals surface area contributed by atoms with Crippen molar-refractivity contribution in [1.82, 2.24) is 0 Å². The highest BCUT2D eigenvalue weighted by Gasteiger charge is 2.61. The first-order valence-electron chi connectivity index (χ1n) is 18.4. The summed E-state index contributed by atoms with van der Waals surface area (Å²) in [7, 11) is 0. The Labute approximate surface area is 296 Å². The van der Waals surface area contributed by atoms with Crippen LogP contribution in [-0.2, 0) is 52.4 Å². The van der Waals surface area contributed by atoms with Gasteiger partial charge in [-0.15, -0.1) is 0 Å². The molecule has 0 spiro atoms. The second-order valence-corrected chi connectivity index (χ2v) is 16.6. The summed E-state index contributed by atoms with van der Waals surface area (Å²) < 4.78 is 31.5. The third-order valence-corrected chi connectivity index (χ3v) is 12.4. The third-order valence-electron chi connectivity index (χ3n) is 12.4. The molecule has 4 fully saturated rings. The van der Waals surface area contributed by atoms with Crippen molar-refractivity contribution in [3.05, 3.63) is 0 Å². The van der Waals surface area contributed by atoms with Gasteiger partial charge in [-0.2, -0.15) is 0 Å². The van der Waals surface area contributed by atoms with Crippen LogP contribution in [0.2, 0.25) is 0 Å². The van der Waals surface area contributed by atoms with Gasteiger partial charge in [-0.1, -0.05) is 27.7 Å². The van der Waals surface area contributed by atoms with Crippen molar-refractivity contribution in [2.75, 3.05) is 13.2 Å². The first-order valence-corrected chi connectivity index (χ1v) is 18.4. The molecule has 0 saturated heterocycles. The SMILES string of the molecule is CC(=O)OCC(COC(C)=O)OC(=O)CC(C)(C)CC(=O)OC(C)OC(=O)O[C@@H]1CCC2(C)[C@@H](CCC3[C@@H]4CCC(C(C)=O)C4(C)CC[C@@H]32)C1. The summed E-state index contributed by atoms with van der Waals surface area (Å²) in [5, 5.41) is 0. The van der Waals surface area contributed by atoms with Crippen molar-refractivity contribution in [3.63, 3.8) is 0 Å². The topological polar surface area (TPSA) is 158 Å². The number of carbonyl (C=O) groups is 6. The Bertz CT molecular complexity index is 1270. The van der Waals surface area contributed by atoms with Gasteiger partial charge in [0.15, 0.2) is 6.10 Å². The number of ether oxygens (including phenoxy) is 6. The average molecular weight is 707 g/mol. The summed E-state index contributed by atoms with van der Waals surface area (Å²) in [6.45, 7) is 13.2. The molecule has 0 N–H and O–H groups in total. The molecule has 12 heteroatoms. The molecular weight excluding hydrogens is 648 g/mol. The molecule has 0 amide bonds. The van der Waals surface area contributed by atoms with E-state index in [0.29, 0.717) is 29.5 Å². The van der Waals surface area contributed by atoms with Crippen LogP contribution in [0.1, 0.15) is 126 Å². The maximum absolute atomic E-state index is 12.8. The van der Waals surface area contributed by atoms with Gasteiger partial charge in [-0.25, -0.2) is 4.79 Å². The van der Waals surface area contributed by atoms with Gasteiger partial charge in [-0.3, -0.25) is 24.0 Å². The monoisotopic (exact) mass is 706 g/mol. The fraction of sp³-hybridized carbons (Fsp3) is 0.842. The van der Waals surface area contributed by atoms with Crippen molar-refractivity contribution in [2.45, 2.75) is 145 Å². The first kappa shape index (κ1) is 39.6. The number of hydrogen-bond acceptors (Lipinski definition) is 12. The normalized spacial score (nSPS) is 32.3. The summed E-state index contributed by atoms with van der Waals surface area (Å²) >= 11 is 0. The van der Waals surface area contributed by atoms with Crippen LogP contribution in [0.5, 0.6) is 0 Å². The Morgan fingerprint density at radius 3 is 1.90 bits per heavy atom. The van der Waals surface area contributed by atoms with E-state index in [1.807, 2.05) is 0 Å². The van der Waals surface area contributed by atoms with E-state index in [2.05, 4.69) is 13.8 Å². The molecule has 0 aliphatic heterocycles. The lowest BCUT2D eigenvalue weighted by Gasteiger charge is -2.61. The van der Waals surface area contributed by atoms with Gasteiger partial charge in [0.25, 0.3) is 0 Å². The number of Topliss-reactive ketones (excluding diaryl/α,β-unsaturated/α-hetero) is 1. The zero-order valence-corrected chi connectivity index (χ0v) is 31.2. The van der Waals surface area contributed by atoms with Crippen LogP contribution in [0.25, 0.3) is 0 Å². The highest BCUT2D eigenvalue weighted by Crippen LogP contribution is 2.67. The molecule has 5 unspecified atom stereocenters. The minimum atomic E-state index is -1.19. The van der Waals surface area contributed by atoms with Crippen LogP contribution in [-0.4, -0.2) is 67.5 Å². The lowest BCUT2D eigenvalue weighted by atomic mass is 9.44. The minimum Gasteiger partial charge on any atom is -0.462 e. The molecule has 4 saturated carbocycles. The maximum atomic E-state index is 12.8. The molecule has 4 aliphatic rings. The minimum absolute atomic E-state index is 0.131. The van der Waals surface area contributed by atoms with E-state index >= 15 is 0 Å². The number of fused-ring (bicyclic) bond motifs is 5. The second kappa shape index (κ2) is 16.0. The molecule has 4 aliphatic carbocycles. The van der Waals surface area contributed by atoms with Gasteiger partial charge in [0.1, 0.15) is 25.1 Å². The number of hydrogen-bond donors (Lipinski definition) is 0. The zero-order chi connectivity index (χ0) is 37.0. The summed E-state index contributed by atoms with van der Waals surface area (Å²) in [5.41, 5.74) is -0.568. The summed E-state index contributed by atoms with van der Waals surface area (Å²) in [6, 6.07) is 0. The summed E-state index contributed by atoms with van der Waals surface area (Å²) in [4.78, 5) is 72.9. The largest absolute Gasteiger partial charge is 0.511 e. The van der Waals surface area contributed by atoms with Crippen molar-refractivity contribution < 1.29 is 57.2 Å². The highest BCUT2D eigenvalue weighted by atomic mass is 16.8. The third kappa shape index (κ3) is 9.57. The van der Waals surface area contributed by atoms with Gasteiger partial charge < -0.3 is 28.4 Å². The summed E-state index contributed by atoms with van der Waals surface area (Å²) in [5.74, 6) is 0.390. The fourth-order valence-corrected chi connectivity index (χ4v) is 10.2. The molecule has 4 rings (SSSR count). The number of esters is 4. The predicted molar refractivity (Wildman–Crippen MR) is 179 cm³/mol. The molecule has 50 heavy (non-hydrogen) atoms. The van der Waals surface area contributed by atoms with Gasteiger partial charge in [-0.05, 0) is 105 Å². The Hall–Kier alpha value is -3.18. The van der Waals surface area contributed by atoms with Crippen molar-refractivity contribution >= 4 is 35.8 Å². The van der Waals surface area contributed by atoms with Crippen LogP contribution in [0.3, 0.4) is 0 Å². The van der Waals surface area contributed by atoms with E-state index in [1.165, 1.54) is 20.8 Å². The first-order chi connectivity index (χ1) is 23.3. The molecule has 0 aromatic rings. The number of ketones is 1.